The molecule has 0 radical (unpaired) electrons. The van der Waals surface area contributed by atoms with Gasteiger partial charge in [-0.2, -0.15) is 0 Å². The van der Waals surface area contributed by atoms with Gasteiger partial charge in [-0.05, 0) is 22.8 Å². The molecule has 24 heavy (non-hydrogen) atoms. The highest BCUT2D eigenvalue weighted by Crippen LogP contribution is 2.45. The fourth-order valence-corrected chi connectivity index (χ4v) is 3.26. The molecule has 0 saturated carbocycles. The molecule has 4 nitrogen and oxygen atoms in total. The van der Waals surface area contributed by atoms with Crippen molar-refractivity contribution in [3.8, 4) is 5.75 Å². The first-order valence-corrected chi connectivity index (χ1v) is 10.4. The van der Waals surface area contributed by atoms with Crippen LogP contribution in [0.5, 0.6) is 5.75 Å². The van der Waals surface area contributed by atoms with Gasteiger partial charge >= 0.3 is 7.60 Å². The Kier molecular flexibility index (Phi) is 6.71. The topological polar surface area (TPSA) is 66.8 Å². The van der Waals surface area contributed by atoms with Gasteiger partial charge in [-0.15, -0.1) is 0 Å². The Labute approximate surface area is 146 Å². The minimum Gasteiger partial charge on any atom is -0.493 e. The molecule has 5 heteroatoms. The predicted octanol–water partition coefficient (Wildman–Crippen LogP) is 5.14. The van der Waals surface area contributed by atoms with E-state index in [0.29, 0.717) is 12.2 Å². The lowest BCUT2D eigenvalue weighted by atomic mass is 9.78. The number of rotatable bonds is 6. The van der Waals surface area contributed by atoms with Crippen LogP contribution in [-0.2, 0) is 21.6 Å². The van der Waals surface area contributed by atoms with Crippen LogP contribution in [0.3, 0.4) is 0 Å². The quantitative estimate of drug-likeness (QED) is 0.547. The van der Waals surface area contributed by atoms with Crippen molar-refractivity contribution in [2.75, 3.05) is 6.61 Å². The Balaban J connectivity index is 3.54. The summed E-state index contributed by atoms with van der Waals surface area (Å²) < 4.78 is 17.6. The predicted molar refractivity (Wildman–Crippen MR) is 100.0 cm³/mol. The SMILES string of the molecule is CCCCOc1c(C(C)(C)C)cc(CP(=O)(O)O)cc1C(C)(C)C. The summed E-state index contributed by atoms with van der Waals surface area (Å²) in [6.07, 6.45) is 1.80. The molecule has 0 aromatic heterocycles. The van der Waals surface area contributed by atoms with E-state index in [1.54, 1.807) is 0 Å². The zero-order chi connectivity index (χ0) is 18.8. The van der Waals surface area contributed by atoms with Crippen LogP contribution in [0.1, 0.15) is 78.0 Å². The third-order valence-corrected chi connectivity index (χ3v) is 4.67. The van der Waals surface area contributed by atoms with E-state index in [4.69, 9.17) is 4.74 Å². The highest BCUT2D eigenvalue weighted by molar-refractivity contribution is 7.50. The Morgan fingerprint density at radius 3 is 1.79 bits per heavy atom. The molecule has 2 N–H and O–H groups in total. The molecular weight excluding hydrogens is 323 g/mol. The van der Waals surface area contributed by atoms with E-state index in [0.717, 1.165) is 29.7 Å². The maximum atomic E-state index is 11.5. The minimum atomic E-state index is -4.11. The average Bonchev–Trinajstić information content (AvgIpc) is 2.35. The van der Waals surface area contributed by atoms with Crippen molar-refractivity contribution >= 4 is 7.60 Å². The smallest absolute Gasteiger partial charge is 0.329 e. The number of unbranched alkanes of at least 4 members (excludes halogenated alkanes) is 1. The molecule has 0 aliphatic carbocycles. The normalized spacial score (nSPS) is 13.2. The molecule has 1 aromatic rings. The lowest BCUT2D eigenvalue weighted by molar-refractivity contribution is 0.292. The zero-order valence-corrected chi connectivity index (χ0v) is 17.0. The highest BCUT2D eigenvalue weighted by atomic mass is 31.2. The molecule has 0 aliphatic heterocycles. The van der Waals surface area contributed by atoms with Crippen LogP contribution in [0.2, 0.25) is 0 Å². The molecule has 0 aliphatic rings. The number of hydrogen-bond acceptors (Lipinski definition) is 2. The van der Waals surface area contributed by atoms with Crippen molar-refractivity contribution in [1.82, 2.24) is 0 Å². The van der Waals surface area contributed by atoms with Crippen LogP contribution in [0.15, 0.2) is 12.1 Å². The molecule has 0 amide bonds. The molecule has 0 atom stereocenters. The summed E-state index contributed by atoms with van der Waals surface area (Å²) in [6.45, 7) is 15.4. The third-order valence-electron chi connectivity index (χ3n) is 3.90. The summed E-state index contributed by atoms with van der Waals surface area (Å²) in [5.74, 6) is 0.873. The highest BCUT2D eigenvalue weighted by Gasteiger charge is 2.29. The molecular formula is C19H33O4P. The number of ether oxygens (including phenoxy) is 1. The van der Waals surface area contributed by atoms with Crippen molar-refractivity contribution < 1.29 is 19.1 Å². The minimum absolute atomic E-state index is 0.174. The van der Waals surface area contributed by atoms with Crippen LogP contribution in [0.4, 0.5) is 0 Å². The van der Waals surface area contributed by atoms with E-state index in [1.807, 2.05) is 12.1 Å². The molecule has 1 rings (SSSR count). The molecule has 0 spiro atoms. The van der Waals surface area contributed by atoms with E-state index >= 15 is 0 Å². The summed E-state index contributed by atoms with van der Waals surface area (Å²) in [7, 11) is -4.11. The summed E-state index contributed by atoms with van der Waals surface area (Å²) >= 11 is 0. The van der Waals surface area contributed by atoms with Crippen LogP contribution >= 0.6 is 7.60 Å². The van der Waals surface area contributed by atoms with E-state index in [2.05, 4.69) is 48.5 Å². The Morgan fingerprint density at radius 2 is 1.46 bits per heavy atom. The first-order valence-electron chi connectivity index (χ1n) is 8.61. The monoisotopic (exact) mass is 356 g/mol. The lowest BCUT2D eigenvalue weighted by Gasteiger charge is -2.31. The van der Waals surface area contributed by atoms with Gasteiger partial charge in [0.05, 0.1) is 12.8 Å². The summed E-state index contributed by atoms with van der Waals surface area (Å²) in [5.41, 5.74) is 2.34. The van der Waals surface area contributed by atoms with E-state index in [1.165, 1.54) is 0 Å². The second kappa shape index (κ2) is 7.59. The van der Waals surface area contributed by atoms with Gasteiger partial charge in [-0.1, -0.05) is 67.0 Å². The van der Waals surface area contributed by atoms with Gasteiger partial charge in [0.15, 0.2) is 0 Å². The number of hydrogen-bond donors (Lipinski definition) is 2. The molecule has 138 valence electrons. The van der Waals surface area contributed by atoms with Crippen molar-refractivity contribution in [2.24, 2.45) is 0 Å². The average molecular weight is 356 g/mol. The third kappa shape index (κ3) is 6.23. The largest absolute Gasteiger partial charge is 0.493 e. The fraction of sp³-hybridized carbons (Fsp3) is 0.684. The molecule has 0 fully saturated rings. The van der Waals surface area contributed by atoms with Gasteiger partial charge < -0.3 is 14.5 Å². The Bertz CT molecular complexity index is 568. The molecule has 0 heterocycles. The molecule has 0 saturated heterocycles. The van der Waals surface area contributed by atoms with Crippen molar-refractivity contribution in [1.29, 1.82) is 0 Å². The summed E-state index contributed by atoms with van der Waals surface area (Å²) in [5, 5.41) is 0. The maximum Gasteiger partial charge on any atom is 0.329 e. The van der Waals surface area contributed by atoms with Gasteiger partial charge in [-0.3, -0.25) is 4.57 Å². The van der Waals surface area contributed by atoms with E-state index in [-0.39, 0.29) is 17.0 Å². The Hall–Kier alpha value is -0.830. The second-order valence-electron chi connectivity index (χ2n) is 8.54. The first-order chi connectivity index (χ1) is 10.8. The van der Waals surface area contributed by atoms with Gasteiger partial charge in [0, 0.05) is 11.1 Å². The van der Waals surface area contributed by atoms with Crippen molar-refractivity contribution in [2.45, 2.75) is 78.3 Å². The van der Waals surface area contributed by atoms with Crippen molar-refractivity contribution in [3.05, 3.63) is 28.8 Å². The van der Waals surface area contributed by atoms with E-state index < -0.39 is 7.60 Å². The van der Waals surface area contributed by atoms with Crippen LogP contribution in [-0.4, -0.2) is 16.4 Å². The van der Waals surface area contributed by atoms with E-state index in [9.17, 15) is 14.4 Å². The summed E-state index contributed by atoms with van der Waals surface area (Å²) in [4.78, 5) is 18.8. The fourth-order valence-electron chi connectivity index (χ4n) is 2.61. The summed E-state index contributed by atoms with van der Waals surface area (Å²) in [6, 6.07) is 3.80. The standard InChI is InChI=1S/C19H33O4P/c1-8-9-10-23-17-15(18(2,3)4)11-14(13-24(20,21)22)12-16(17)19(5,6)7/h11-12H,8-10,13H2,1-7H3,(H2,20,21,22). The van der Waals surface area contributed by atoms with Crippen LogP contribution in [0.25, 0.3) is 0 Å². The van der Waals surface area contributed by atoms with Gasteiger partial charge in [0.25, 0.3) is 0 Å². The molecule has 0 unspecified atom stereocenters. The van der Waals surface area contributed by atoms with Gasteiger partial charge in [0.2, 0.25) is 0 Å². The van der Waals surface area contributed by atoms with Crippen molar-refractivity contribution in [3.63, 3.8) is 0 Å². The first kappa shape index (κ1) is 21.2. The van der Waals surface area contributed by atoms with Gasteiger partial charge in [0.1, 0.15) is 5.75 Å². The lowest BCUT2D eigenvalue weighted by Crippen LogP contribution is -2.21. The molecule has 0 bridgehead atoms. The van der Waals surface area contributed by atoms with Crippen LogP contribution < -0.4 is 4.74 Å². The zero-order valence-electron chi connectivity index (χ0n) is 16.1. The molecule has 1 aromatic carbocycles. The van der Waals surface area contributed by atoms with Gasteiger partial charge in [-0.25, -0.2) is 0 Å². The second-order valence-corrected chi connectivity index (χ2v) is 10.2. The van der Waals surface area contributed by atoms with Crippen LogP contribution in [0, 0.1) is 0 Å². The number of benzene rings is 1. The Morgan fingerprint density at radius 1 is 1.00 bits per heavy atom. The maximum absolute atomic E-state index is 11.5.